The van der Waals surface area contributed by atoms with E-state index in [0.717, 1.165) is 6.42 Å². The Bertz CT molecular complexity index is 741. The molecule has 2 fully saturated rings. The standard InChI is InChI=1S/C20H20O3Se/c1-12-9-16(21)19-20-11-23-18(14(20)7-8-22-19)17(10-15(12)20)24-13-5-3-2-4-6-13/h2-9,14-15,17-19H,10-11H2,1H3/t14-,15+,17-,18-,19+,20-/m0/s1. The molecule has 3 nitrogen and oxygen atoms in total. The van der Waals surface area contributed by atoms with Crippen LogP contribution < -0.4 is 4.46 Å². The molecular formula is C20H20O3Se. The van der Waals surface area contributed by atoms with E-state index >= 15 is 0 Å². The average molecular weight is 387 g/mol. The molecule has 1 aromatic rings. The third-order valence-electron chi connectivity index (χ3n) is 6.18. The maximum atomic E-state index is 12.5. The molecule has 6 atom stereocenters. The molecule has 0 amide bonds. The Morgan fingerprint density at radius 2 is 2.08 bits per heavy atom. The fraction of sp³-hybridized carbons (Fsp3) is 0.450. The summed E-state index contributed by atoms with van der Waals surface area (Å²) in [6, 6.07) is 10.8. The van der Waals surface area contributed by atoms with Gasteiger partial charge in [-0.1, -0.05) is 0 Å². The van der Waals surface area contributed by atoms with Crippen molar-refractivity contribution in [3.63, 3.8) is 0 Å². The van der Waals surface area contributed by atoms with Gasteiger partial charge in [0.05, 0.1) is 0 Å². The van der Waals surface area contributed by atoms with Crippen LogP contribution in [0.3, 0.4) is 0 Å². The average Bonchev–Trinajstić information content (AvgIpc) is 2.90. The monoisotopic (exact) mass is 388 g/mol. The molecular weight excluding hydrogens is 367 g/mol. The normalized spacial score (nSPS) is 42.3. The van der Waals surface area contributed by atoms with Crippen molar-refractivity contribution in [2.45, 2.75) is 30.4 Å². The molecule has 2 aliphatic heterocycles. The number of rotatable bonds is 2. The van der Waals surface area contributed by atoms with E-state index in [-0.39, 0.29) is 23.4 Å². The summed E-state index contributed by atoms with van der Waals surface area (Å²) in [6.07, 6.45) is 6.72. The van der Waals surface area contributed by atoms with Crippen LogP contribution in [-0.2, 0) is 14.3 Å². The van der Waals surface area contributed by atoms with E-state index in [0.29, 0.717) is 38.2 Å². The first-order valence-corrected chi connectivity index (χ1v) is 10.4. The number of carbonyl (C=O) groups is 1. The number of hydrogen-bond acceptors (Lipinski definition) is 3. The predicted octanol–water partition coefficient (Wildman–Crippen LogP) is 2.27. The summed E-state index contributed by atoms with van der Waals surface area (Å²) in [5, 5.41) is 0. The van der Waals surface area contributed by atoms with Gasteiger partial charge in [-0.05, 0) is 0 Å². The van der Waals surface area contributed by atoms with Gasteiger partial charge in [0.15, 0.2) is 0 Å². The molecule has 0 N–H and O–H groups in total. The number of allylic oxidation sites excluding steroid dienone is 1. The van der Waals surface area contributed by atoms with Gasteiger partial charge in [-0.3, -0.25) is 0 Å². The molecule has 4 heteroatoms. The number of ketones is 1. The van der Waals surface area contributed by atoms with Crippen molar-refractivity contribution in [2.75, 3.05) is 6.61 Å². The second-order valence-corrected chi connectivity index (χ2v) is 10.1. The first-order valence-electron chi connectivity index (χ1n) is 8.57. The summed E-state index contributed by atoms with van der Waals surface area (Å²) in [6.45, 7) is 2.77. The molecule has 4 aliphatic rings. The van der Waals surface area contributed by atoms with E-state index in [9.17, 15) is 4.79 Å². The van der Waals surface area contributed by atoms with Gasteiger partial charge >= 0.3 is 148 Å². The molecule has 24 heavy (non-hydrogen) atoms. The van der Waals surface area contributed by atoms with E-state index in [2.05, 4.69) is 43.3 Å². The van der Waals surface area contributed by atoms with Gasteiger partial charge in [-0.25, -0.2) is 0 Å². The molecule has 2 bridgehead atoms. The Hall–Kier alpha value is -1.35. The van der Waals surface area contributed by atoms with Gasteiger partial charge in [0.25, 0.3) is 0 Å². The quantitative estimate of drug-likeness (QED) is 0.731. The third kappa shape index (κ3) is 1.91. The van der Waals surface area contributed by atoms with Crippen LogP contribution >= 0.6 is 0 Å². The van der Waals surface area contributed by atoms with E-state index in [1.165, 1.54) is 10.0 Å². The SMILES string of the molecule is CC1=CC(=O)[C@H]2OC=C[C@H]3[C@@H]4OC[C@]23[C@@H]1C[C@@H]4[Se]c1ccccc1. The van der Waals surface area contributed by atoms with E-state index in [4.69, 9.17) is 9.47 Å². The zero-order chi connectivity index (χ0) is 16.3. The summed E-state index contributed by atoms with van der Waals surface area (Å²) in [5.74, 6) is 0.817. The fourth-order valence-electron chi connectivity index (χ4n) is 5.19. The molecule has 1 saturated heterocycles. The molecule has 1 saturated carbocycles. The Labute approximate surface area is 148 Å². The molecule has 1 spiro atoms. The molecule has 5 rings (SSSR count). The predicted molar refractivity (Wildman–Crippen MR) is 92.1 cm³/mol. The first-order chi connectivity index (χ1) is 11.7. The zero-order valence-corrected chi connectivity index (χ0v) is 15.3. The number of hydrogen-bond donors (Lipinski definition) is 0. The summed E-state index contributed by atoms with van der Waals surface area (Å²) >= 11 is 0.381. The van der Waals surface area contributed by atoms with Gasteiger partial charge < -0.3 is 0 Å². The minimum absolute atomic E-state index is 0.120. The van der Waals surface area contributed by atoms with Crippen molar-refractivity contribution in [2.24, 2.45) is 17.3 Å². The second-order valence-electron chi connectivity index (χ2n) is 7.31. The Kier molecular flexibility index (Phi) is 3.31. The summed E-state index contributed by atoms with van der Waals surface area (Å²) in [5.41, 5.74) is 1.05. The van der Waals surface area contributed by atoms with Crippen LogP contribution in [0.15, 0.2) is 54.3 Å². The molecule has 0 aromatic heterocycles. The van der Waals surface area contributed by atoms with Gasteiger partial charge in [0.1, 0.15) is 0 Å². The molecule has 124 valence electrons. The van der Waals surface area contributed by atoms with Gasteiger partial charge in [-0.2, -0.15) is 0 Å². The zero-order valence-electron chi connectivity index (χ0n) is 13.6. The van der Waals surface area contributed by atoms with Crippen molar-refractivity contribution in [1.82, 2.24) is 0 Å². The summed E-state index contributed by atoms with van der Waals surface area (Å²) in [4.78, 5) is 13.1. The Morgan fingerprint density at radius 1 is 1.25 bits per heavy atom. The van der Waals surface area contributed by atoms with Crippen molar-refractivity contribution in [1.29, 1.82) is 0 Å². The van der Waals surface area contributed by atoms with E-state index < -0.39 is 0 Å². The minimum atomic E-state index is -0.351. The Balaban J connectivity index is 1.56. The van der Waals surface area contributed by atoms with Crippen LogP contribution in [0.5, 0.6) is 0 Å². The van der Waals surface area contributed by atoms with Crippen LogP contribution in [0.25, 0.3) is 0 Å². The number of ether oxygens (including phenoxy) is 2. The van der Waals surface area contributed by atoms with Gasteiger partial charge in [0, 0.05) is 0 Å². The maximum absolute atomic E-state index is 12.5. The van der Waals surface area contributed by atoms with Crippen LogP contribution in [0, 0.1) is 17.3 Å². The summed E-state index contributed by atoms with van der Waals surface area (Å²) < 4.78 is 13.6. The van der Waals surface area contributed by atoms with E-state index in [1.807, 2.05) is 6.08 Å². The fourth-order valence-corrected chi connectivity index (χ4v) is 7.99. The Morgan fingerprint density at radius 3 is 2.92 bits per heavy atom. The molecule has 0 radical (unpaired) electrons. The van der Waals surface area contributed by atoms with Gasteiger partial charge in [0.2, 0.25) is 0 Å². The van der Waals surface area contributed by atoms with Crippen LogP contribution in [0.4, 0.5) is 0 Å². The van der Waals surface area contributed by atoms with Crippen LogP contribution in [-0.4, -0.2) is 39.6 Å². The van der Waals surface area contributed by atoms with Crippen LogP contribution in [0.1, 0.15) is 13.3 Å². The van der Waals surface area contributed by atoms with Gasteiger partial charge in [-0.15, -0.1) is 0 Å². The second kappa shape index (κ2) is 5.32. The molecule has 0 unspecified atom stereocenters. The topological polar surface area (TPSA) is 35.5 Å². The third-order valence-corrected chi connectivity index (χ3v) is 8.92. The first kappa shape index (κ1) is 14.9. The van der Waals surface area contributed by atoms with E-state index in [1.54, 1.807) is 6.26 Å². The van der Waals surface area contributed by atoms with Crippen molar-refractivity contribution >= 4 is 25.2 Å². The van der Waals surface area contributed by atoms with Crippen molar-refractivity contribution < 1.29 is 14.3 Å². The van der Waals surface area contributed by atoms with Crippen molar-refractivity contribution in [3.8, 4) is 0 Å². The number of benzene rings is 1. The van der Waals surface area contributed by atoms with Crippen LogP contribution in [0.2, 0.25) is 4.82 Å². The molecule has 1 aromatic carbocycles. The summed E-state index contributed by atoms with van der Waals surface area (Å²) in [7, 11) is 0. The molecule has 2 aliphatic carbocycles. The number of carbonyl (C=O) groups excluding carboxylic acids is 1. The molecule has 2 heterocycles. The van der Waals surface area contributed by atoms with Crippen molar-refractivity contribution in [3.05, 3.63) is 54.3 Å².